The molecular formula is C23H25N5O5S. The summed E-state index contributed by atoms with van der Waals surface area (Å²) in [6.07, 6.45) is 4.78. The third-order valence-electron chi connectivity index (χ3n) is 5.92. The van der Waals surface area contributed by atoms with Crippen LogP contribution >= 0.6 is 11.3 Å². The van der Waals surface area contributed by atoms with Crippen molar-refractivity contribution in [1.29, 1.82) is 0 Å². The molecule has 0 aliphatic carbocycles. The Labute approximate surface area is 199 Å². The Hall–Kier alpha value is -3.60. The van der Waals surface area contributed by atoms with Gasteiger partial charge in [0.05, 0.1) is 0 Å². The minimum atomic E-state index is -0.578. The van der Waals surface area contributed by atoms with E-state index in [2.05, 4.69) is 21.8 Å². The molecule has 5 rings (SSSR count). The van der Waals surface area contributed by atoms with Crippen LogP contribution in [-0.2, 0) is 24.4 Å². The molecule has 1 fully saturated rings. The van der Waals surface area contributed by atoms with Crippen LogP contribution in [0.5, 0.6) is 11.5 Å². The summed E-state index contributed by atoms with van der Waals surface area (Å²) in [5, 5.41) is 3.54. The van der Waals surface area contributed by atoms with Crippen molar-refractivity contribution in [1.82, 2.24) is 19.4 Å². The van der Waals surface area contributed by atoms with Gasteiger partial charge in [-0.3, -0.25) is 18.7 Å². The maximum absolute atomic E-state index is 13.1. The van der Waals surface area contributed by atoms with E-state index in [9.17, 15) is 14.4 Å². The molecule has 11 heteroatoms. The number of piperidine rings is 1. The lowest BCUT2D eigenvalue weighted by Crippen LogP contribution is -2.42. The number of benzene rings is 1. The van der Waals surface area contributed by atoms with Crippen molar-refractivity contribution in [2.75, 3.05) is 24.8 Å². The number of rotatable bonds is 7. The Bertz CT molecular complexity index is 1370. The van der Waals surface area contributed by atoms with Gasteiger partial charge in [-0.25, -0.2) is 9.78 Å². The smallest absolute Gasteiger partial charge is 0.333 e. The highest BCUT2D eigenvalue weighted by Crippen LogP contribution is 2.32. The van der Waals surface area contributed by atoms with Gasteiger partial charge in [0, 0.05) is 26.2 Å². The van der Waals surface area contributed by atoms with Gasteiger partial charge in [0.2, 0.25) is 12.7 Å². The molecule has 34 heavy (non-hydrogen) atoms. The van der Waals surface area contributed by atoms with Gasteiger partial charge in [0.15, 0.2) is 22.3 Å². The maximum atomic E-state index is 13.1. The van der Waals surface area contributed by atoms with E-state index >= 15 is 0 Å². The summed E-state index contributed by atoms with van der Waals surface area (Å²) >= 11 is 1.27. The molecule has 10 nitrogen and oxygen atoms in total. The van der Waals surface area contributed by atoms with Gasteiger partial charge in [-0.05, 0) is 37.0 Å². The minimum absolute atomic E-state index is 0.0589. The van der Waals surface area contributed by atoms with Crippen LogP contribution in [0.1, 0.15) is 24.8 Å². The molecule has 0 saturated carbocycles. The number of ether oxygens (including phenoxy) is 2. The predicted octanol–water partition coefficient (Wildman–Crippen LogP) is 1.84. The standard InChI is InChI=1S/C23H25N5O5S/c1-2-8-27-21(30)19-20(25-22(34-19)26-9-4-3-5-10-26)28(23(27)31)13-18(29)24-12-15-6-7-16-17(11-15)33-14-32-16/h2,6-7,11H,1,3-5,8-10,12-14H2,(H,24,29). The summed E-state index contributed by atoms with van der Waals surface area (Å²) in [7, 11) is 0. The van der Waals surface area contributed by atoms with E-state index in [1.165, 1.54) is 28.4 Å². The van der Waals surface area contributed by atoms with Gasteiger partial charge >= 0.3 is 5.69 Å². The molecular weight excluding hydrogens is 458 g/mol. The highest BCUT2D eigenvalue weighted by atomic mass is 32.1. The first-order chi connectivity index (χ1) is 16.5. The van der Waals surface area contributed by atoms with Crippen molar-refractivity contribution in [2.45, 2.75) is 38.9 Å². The predicted molar refractivity (Wildman–Crippen MR) is 129 cm³/mol. The van der Waals surface area contributed by atoms with Crippen LogP contribution in [0.3, 0.4) is 0 Å². The molecule has 3 aromatic rings. The van der Waals surface area contributed by atoms with Crippen molar-refractivity contribution in [3.63, 3.8) is 0 Å². The number of aromatic nitrogens is 3. The highest BCUT2D eigenvalue weighted by molar-refractivity contribution is 7.22. The van der Waals surface area contributed by atoms with Crippen LogP contribution < -0.4 is 30.9 Å². The fraction of sp³-hybridized carbons (Fsp3) is 0.391. The molecule has 2 aliphatic heterocycles. The van der Waals surface area contributed by atoms with Crippen molar-refractivity contribution in [2.24, 2.45) is 0 Å². The SMILES string of the molecule is C=CCn1c(=O)c2sc(N3CCCCC3)nc2n(CC(=O)NCc2ccc3c(c2)OCO3)c1=O. The van der Waals surface area contributed by atoms with Crippen LogP contribution in [0.25, 0.3) is 10.3 Å². The lowest BCUT2D eigenvalue weighted by atomic mass is 10.1. The van der Waals surface area contributed by atoms with Crippen molar-refractivity contribution >= 4 is 32.7 Å². The number of carbonyl (C=O) groups is 1. The molecule has 0 atom stereocenters. The van der Waals surface area contributed by atoms with Crippen LogP contribution in [0.4, 0.5) is 5.13 Å². The van der Waals surface area contributed by atoms with E-state index in [0.29, 0.717) is 21.3 Å². The van der Waals surface area contributed by atoms with Crippen molar-refractivity contribution < 1.29 is 14.3 Å². The summed E-state index contributed by atoms with van der Waals surface area (Å²) in [6.45, 7) is 5.62. The monoisotopic (exact) mass is 483 g/mol. The quantitative estimate of drug-likeness (QED) is 0.511. The van der Waals surface area contributed by atoms with E-state index in [0.717, 1.165) is 36.1 Å². The highest BCUT2D eigenvalue weighted by Gasteiger charge is 2.22. The molecule has 2 aliphatic rings. The molecule has 178 valence electrons. The molecule has 1 saturated heterocycles. The Kier molecular flexibility index (Phi) is 6.10. The molecule has 2 aromatic heterocycles. The average Bonchev–Trinajstić information content (AvgIpc) is 3.51. The van der Waals surface area contributed by atoms with Gasteiger partial charge in [0.25, 0.3) is 5.56 Å². The minimum Gasteiger partial charge on any atom is -0.454 e. The van der Waals surface area contributed by atoms with E-state index in [1.54, 1.807) is 6.07 Å². The maximum Gasteiger partial charge on any atom is 0.333 e. The number of nitrogens with zero attached hydrogens (tertiary/aromatic N) is 4. The Morgan fingerprint density at radius 1 is 1.15 bits per heavy atom. The molecule has 0 radical (unpaired) electrons. The third-order valence-corrected chi connectivity index (χ3v) is 7.01. The third kappa shape index (κ3) is 4.18. The van der Waals surface area contributed by atoms with E-state index < -0.39 is 11.2 Å². The number of thiazole rings is 1. The summed E-state index contributed by atoms with van der Waals surface area (Å²) in [5.41, 5.74) is 0.107. The summed E-state index contributed by atoms with van der Waals surface area (Å²) in [4.78, 5) is 45.7. The van der Waals surface area contributed by atoms with Gasteiger partial charge in [-0.15, -0.1) is 6.58 Å². The van der Waals surface area contributed by atoms with Gasteiger partial charge < -0.3 is 19.7 Å². The van der Waals surface area contributed by atoms with Gasteiger partial charge in [0.1, 0.15) is 11.2 Å². The van der Waals surface area contributed by atoms with E-state index in [4.69, 9.17) is 9.47 Å². The zero-order valence-electron chi connectivity index (χ0n) is 18.6. The van der Waals surface area contributed by atoms with Crippen LogP contribution in [0, 0.1) is 0 Å². The first-order valence-corrected chi connectivity index (χ1v) is 12.0. The number of allylic oxidation sites excluding steroid dienone is 1. The number of fused-ring (bicyclic) bond motifs is 2. The van der Waals surface area contributed by atoms with E-state index in [-0.39, 0.29) is 38.0 Å². The van der Waals surface area contributed by atoms with Crippen LogP contribution in [0.2, 0.25) is 0 Å². The molecule has 0 unspecified atom stereocenters. The number of anilines is 1. The normalized spacial score (nSPS) is 15.0. The number of carbonyl (C=O) groups excluding carboxylic acids is 1. The second kappa shape index (κ2) is 9.34. The molecule has 1 aromatic carbocycles. The first-order valence-electron chi connectivity index (χ1n) is 11.2. The molecule has 0 bridgehead atoms. The van der Waals surface area contributed by atoms with Crippen LogP contribution in [0.15, 0.2) is 40.4 Å². The summed E-state index contributed by atoms with van der Waals surface area (Å²) < 4.78 is 13.4. The number of hydrogen-bond acceptors (Lipinski definition) is 8. The van der Waals surface area contributed by atoms with Crippen molar-refractivity contribution in [3.05, 3.63) is 57.3 Å². The zero-order chi connectivity index (χ0) is 23.7. The second-order valence-corrected chi connectivity index (χ2v) is 9.21. The molecule has 1 N–H and O–H groups in total. The van der Waals surface area contributed by atoms with Gasteiger partial charge in [-0.1, -0.05) is 23.5 Å². The number of hydrogen-bond donors (Lipinski definition) is 1. The largest absolute Gasteiger partial charge is 0.454 e. The summed E-state index contributed by atoms with van der Waals surface area (Å²) in [5.74, 6) is 0.938. The Morgan fingerprint density at radius 3 is 2.74 bits per heavy atom. The molecule has 1 amide bonds. The average molecular weight is 484 g/mol. The fourth-order valence-electron chi connectivity index (χ4n) is 4.17. The number of nitrogens with one attached hydrogen (secondary N) is 1. The summed E-state index contributed by atoms with van der Waals surface area (Å²) in [6, 6.07) is 5.44. The Morgan fingerprint density at radius 2 is 1.94 bits per heavy atom. The second-order valence-electron chi connectivity index (χ2n) is 8.23. The topological polar surface area (TPSA) is 108 Å². The fourth-order valence-corrected chi connectivity index (χ4v) is 5.24. The zero-order valence-corrected chi connectivity index (χ0v) is 19.4. The van der Waals surface area contributed by atoms with Crippen molar-refractivity contribution in [3.8, 4) is 11.5 Å². The lowest BCUT2D eigenvalue weighted by molar-refractivity contribution is -0.121. The van der Waals surface area contributed by atoms with E-state index in [1.807, 2.05) is 12.1 Å². The molecule has 4 heterocycles. The Balaban J connectivity index is 1.43. The van der Waals surface area contributed by atoms with Crippen LogP contribution in [-0.4, -0.2) is 39.9 Å². The number of amides is 1. The van der Waals surface area contributed by atoms with Gasteiger partial charge in [-0.2, -0.15) is 0 Å². The molecule has 0 spiro atoms. The lowest BCUT2D eigenvalue weighted by Gasteiger charge is -2.25. The first kappa shape index (κ1) is 22.2.